The topological polar surface area (TPSA) is 95.9 Å². The molecule has 9 heteroatoms. The SMILES string of the molecule is CC(C)(COP(=O)(O)O)NC(=O)c1ccc(F)cc1F. The van der Waals surface area contributed by atoms with Gasteiger partial charge in [0.1, 0.15) is 11.6 Å². The quantitative estimate of drug-likeness (QED) is 0.718. The molecule has 0 atom stereocenters. The zero-order valence-electron chi connectivity index (χ0n) is 10.8. The van der Waals surface area contributed by atoms with Gasteiger partial charge in [-0.25, -0.2) is 13.3 Å². The Labute approximate surface area is 114 Å². The van der Waals surface area contributed by atoms with Crippen molar-refractivity contribution in [1.82, 2.24) is 5.32 Å². The fraction of sp³-hybridized carbons (Fsp3) is 0.364. The average Bonchev–Trinajstić information content (AvgIpc) is 2.24. The van der Waals surface area contributed by atoms with E-state index in [9.17, 15) is 18.1 Å². The third kappa shape index (κ3) is 5.34. The summed E-state index contributed by atoms with van der Waals surface area (Å²) in [7, 11) is -4.67. The maximum Gasteiger partial charge on any atom is 0.469 e. The molecule has 1 aromatic rings. The van der Waals surface area contributed by atoms with E-state index >= 15 is 0 Å². The highest BCUT2D eigenvalue weighted by Crippen LogP contribution is 2.36. The molecule has 0 aromatic heterocycles. The molecule has 1 rings (SSSR count). The van der Waals surface area contributed by atoms with Gasteiger partial charge in [-0.2, -0.15) is 0 Å². The first-order valence-corrected chi connectivity index (χ1v) is 7.01. The van der Waals surface area contributed by atoms with Crippen molar-refractivity contribution in [3.8, 4) is 0 Å². The summed E-state index contributed by atoms with van der Waals surface area (Å²) in [4.78, 5) is 29.0. The maximum absolute atomic E-state index is 13.4. The summed E-state index contributed by atoms with van der Waals surface area (Å²) in [6, 6.07) is 2.46. The van der Waals surface area contributed by atoms with Crippen LogP contribution in [0.25, 0.3) is 0 Å². The van der Waals surface area contributed by atoms with E-state index in [1.54, 1.807) is 0 Å². The van der Waals surface area contributed by atoms with Gasteiger partial charge in [-0.05, 0) is 26.0 Å². The molecule has 0 aliphatic rings. The van der Waals surface area contributed by atoms with Crippen molar-refractivity contribution in [2.75, 3.05) is 6.61 Å². The van der Waals surface area contributed by atoms with E-state index in [1.807, 2.05) is 0 Å². The molecule has 0 fully saturated rings. The number of rotatable bonds is 5. The summed E-state index contributed by atoms with van der Waals surface area (Å²) in [6.07, 6.45) is 0. The minimum Gasteiger partial charge on any atom is -0.345 e. The number of amides is 1. The highest BCUT2D eigenvalue weighted by Gasteiger charge is 2.27. The molecular formula is C11H14F2NO5P. The highest BCUT2D eigenvalue weighted by atomic mass is 31.2. The molecule has 0 aliphatic heterocycles. The zero-order valence-corrected chi connectivity index (χ0v) is 11.7. The molecule has 6 nitrogen and oxygen atoms in total. The number of phosphoric acid groups is 1. The number of halogens is 2. The number of carbonyl (C=O) groups excluding carboxylic acids is 1. The van der Waals surface area contributed by atoms with Crippen LogP contribution < -0.4 is 5.32 Å². The molecule has 3 N–H and O–H groups in total. The molecular weight excluding hydrogens is 295 g/mol. The molecule has 0 bridgehead atoms. The first-order chi connectivity index (χ1) is 9.00. The van der Waals surface area contributed by atoms with Crippen LogP contribution in [-0.2, 0) is 9.09 Å². The van der Waals surface area contributed by atoms with Crippen molar-refractivity contribution in [3.63, 3.8) is 0 Å². The lowest BCUT2D eigenvalue weighted by atomic mass is 10.1. The minimum absolute atomic E-state index is 0.379. The fourth-order valence-electron chi connectivity index (χ4n) is 1.33. The van der Waals surface area contributed by atoms with Crippen LogP contribution in [-0.4, -0.2) is 27.8 Å². The number of hydrogen-bond donors (Lipinski definition) is 3. The smallest absolute Gasteiger partial charge is 0.345 e. The van der Waals surface area contributed by atoms with Gasteiger partial charge in [0.25, 0.3) is 5.91 Å². The average molecular weight is 309 g/mol. The standard InChI is InChI=1S/C11H14F2NO5P/c1-11(2,6-19-20(16,17)18)14-10(15)8-4-3-7(12)5-9(8)13/h3-5H,6H2,1-2H3,(H,14,15)(H2,16,17,18). The predicted molar refractivity (Wildman–Crippen MR) is 65.9 cm³/mol. The first-order valence-electron chi connectivity index (χ1n) is 5.48. The molecule has 1 amide bonds. The van der Waals surface area contributed by atoms with Gasteiger partial charge in [-0.15, -0.1) is 0 Å². The van der Waals surface area contributed by atoms with Crippen molar-refractivity contribution in [2.24, 2.45) is 0 Å². The van der Waals surface area contributed by atoms with Gasteiger partial charge < -0.3 is 15.1 Å². The second-order valence-electron chi connectivity index (χ2n) is 4.73. The van der Waals surface area contributed by atoms with Crippen LogP contribution in [0, 0.1) is 11.6 Å². The van der Waals surface area contributed by atoms with Crippen LogP contribution in [0.2, 0.25) is 0 Å². The predicted octanol–water partition coefficient (Wildman–Crippen LogP) is 1.58. The second kappa shape index (κ2) is 5.97. The van der Waals surface area contributed by atoms with Crippen LogP contribution in [0.5, 0.6) is 0 Å². The lowest BCUT2D eigenvalue weighted by Crippen LogP contribution is -2.47. The van der Waals surface area contributed by atoms with Crippen LogP contribution in [0.15, 0.2) is 18.2 Å². The Morgan fingerprint density at radius 2 is 2.00 bits per heavy atom. The van der Waals surface area contributed by atoms with Gasteiger partial charge in [0.2, 0.25) is 0 Å². The lowest BCUT2D eigenvalue weighted by molar-refractivity contribution is 0.0850. The molecule has 0 saturated carbocycles. The van der Waals surface area contributed by atoms with Gasteiger partial charge in [0, 0.05) is 6.07 Å². The lowest BCUT2D eigenvalue weighted by Gasteiger charge is -2.26. The van der Waals surface area contributed by atoms with Crippen LogP contribution in [0.1, 0.15) is 24.2 Å². The minimum atomic E-state index is -4.67. The van der Waals surface area contributed by atoms with Crippen LogP contribution >= 0.6 is 7.82 Å². The molecule has 0 saturated heterocycles. The zero-order chi connectivity index (χ0) is 15.6. The van der Waals surface area contributed by atoms with Gasteiger partial charge in [0.05, 0.1) is 17.7 Å². The first kappa shape index (κ1) is 16.7. The van der Waals surface area contributed by atoms with E-state index in [2.05, 4.69) is 9.84 Å². The largest absolute Gasteiger partial charge is 0.469 e. The highest BCUT2D eigenvalue weighted by molar-refractivity contribution is 7.46. The number of phosphoric ester groups is 1. The third-order valence-corrected chi connectivity index (χ3v) is 2.69. The Morgan fingerprint density at radius 1 is 1.40 bits per heavy atom. The fourth-order valence-corrected chi connectivity index (χ4v) is 1.82. The molecule has 0 heterocycles. The molecule has 20 heavy (non-hydrogen) atoms. The summed E-state index contributed by atoms with van der Waals surface area (Å²) in [5, 5.41) is 2.34. The van der Waals surface area contributed by atoms with Crippen molar-refractivity contribution < 1.29 is 32.5 Å². The van der Waals surface area contributed by atoms with Gasteiger partial charge in [0.15, 0.2) is 0 Å². The molecule has 0 radical (unpaired) electrons. The Kier molecular flexibility index (Phi) is 4.99. The summed E-state index contributed by atoms with van der Waals surface area (Å²) in [5.41, 5.74) is -1.53. The summed E-state index contributed by atoms with van der Waals surface area (Å²) in [6.45, 7) is 2.38. The van der Waals surface area contributed by atoms with Crippen molar-refractivity contribution in [1.29, 1.82) is 0 Å². The molecule has 0 aliphatic carbocycles. The van der Waals surface area contributed by atoms with E-state index < -0.39 is 37.5 Å². The van der Waals surface area contributed by atoms with E-state index in [0.717, 1.165) is 12.1 Å². The van der Waals surface area contributed by atoms with E-state index in [0.29, 0.717) is 6.07 Å². The normalized spacial score (nSPS) is 12.3. The van der Waals surface area contributed by atoms with E-state index in [1.165, 1.54) is 13.8 Å². The number of carbonyl (C=O) groups is 1. The summed E-state index contributed by atoms with van der Waals surface area (Å²) >= 11 is 0. The van der Waals surface area contributed by atoms with Gasteiger partial charge >= 0.3 is 7.82 Å². The Balaban J connectivity index is 2.76. The summed E-state index contributed by atoms with van der Waals surface area (Å²) in [5.74, 6) is -2.70. The Morgan fingerprint density at radius 3 is 2.50 bits per heavy atom. The Bertz CT molecular complexity index is 558. The Hall–Kier alpha value is -1.34. The van der Waals surface area contributed by atoms with Crippen LogP contribution in [0.3, 0.4) is 0 Å². The maximum atomic E-state index is 13.4. The monoisotopic (exact) mass is 309 g/mol. The summed E-state index contributed by atoms with van der Waals surface area (Å²) < 4.78 is 41.0. The van der Waals surface area contributed by atoms with Crippen molar-refractivity contribution in [2.45, 2.75) is 19.4 Å². The third-order valence-electron chi connectivity index (χ3n) is 2.22. The van der Waals surface area contributed by atoms with Crippen LogP contribution in [0.4, 0.5) is 8.78 Å². The van der Waals surface area contributed by atoms with Gasteiger partial charge in [-0.3, -0.25) is 9.32 Å². The number of benzene rings is 1. The number of nitrogens with one attached hydrogen (secondary N) is 1. The van der Waals surface area contributed by atoms with Gasteiger partial charge in [-0.1, -0.05) is 0 Å². The van der Waals surface area contributed by atoms with Crippen molar-refractivity contribution in [3.05, 3.63) is 35.4 Å². The molecule has 112 valence electrons. The number of hydrogen-bond acceptors (Lipinski definition) is 3. The molecule has 0 unspecified atom stereocenters. The van der Waals surface area contributed by atoms with E-state index in [-0.39, 0.29) is 5.56 Å². The molecule has 1 aromatic carbocycles. The van der Waals surface area contributed by atoms with E-state index in [4.69, 9.17) is 9.79 Å². The van der Waals surface area contributed by atoms with Crippen molar-refractivity contribution >= 4 is 13.7 Å². The second-order valence-corrected chi connectivity index (χ2v) is 5.97. The molecule has 0 spiro atoms.